The average Bonchev–Trinajstić information content (AvgIpc) is 3.09. The van der Waals surface area contributed by atoms with Gasteiger partial charge in [0.2, 0.25) is 10.0 Å². The predicted molar refractivity (Wildman–Crippen MR) is 114 cm³/mol. The first-order chi connectivity index (χ1) is 13.1. The smallest absolute Gasteiger partial charge is 0.257 e. The second-order valence-electron chi connectivity index (χ2n) is 6.99. The predicted octanol–water partition coefficient (Wildman–Crippen LogP) is 4.19. The van der Waals surface area contributed by atoms with Gasteiger partial charge in [0.1, 0.15) is 0 Å². The highest BCUT2D eigenvalue weighted by Gasteiger charge is 2.23. The molecule has 0 aliphatic rings. The summed E-state index contributed by atoms with van der Waals surface area (Å²) >= 11 is 1.43. The lowest BCUT2D eigenvalue weighted by Gasteiger charge is -2.20. The molecule has 0 spiro atoms. The summed E-state index contributed by atoms with van der Waals surface area (Å²) in [5, 5.41) is 3.33. The minimum absolute atomic E-state index is 0.154. The molecule has 6 nitrogen and oxygen atoms in total. The summed E-state index contributed by atoms with van der Waals surface area (Å²) < 4.78 is 27.4. The molecule has 0 aliphatic carbocycles. The zero-order chi connectivity index (χ0) is 20.6. The largest absolute Gasteiger partial charge is 0.298 e. The normalized spacial score (nSPS) is 12.1. The molecule has 0 fully saturated rings. The number of fused-ring (bicyclic) bond motifs is 1. The van der Waals surface area contributed by atoms with Crippen LogP contribution in [0, 0.1) is 13.8 Å². The Labute approximate surface area is 169 Å². The molecular formula is C20H23N3O3S2. The molecule has 0 saturated heterocycles. The maximum absolute atomic E-state index is 12.6. The third-order valence-corrected chi connectivity index (χ3v) is 7.84. The van der Waals surface area contributed by atoms with Gasteiger partial charge in [-0.3, -0.25) is 10.1 Å². The van der Waals surface area contributed by atoms with Crippen molar-refractivity contribution in [1.29, 1.82) is 0 Å². The summed E-state index contributed by atoms with van der Waals surface area (Å²) in [5.41, 5.74) is 3.43. The third-order valence-electron chi connectivity index (χ3n) is 4.68. The van der Waals surface area contributed by atoms with E-state index in [-0.39, 0.29) is 16.8 Å². The van der Waals surface area contributed by atoms with Crippen molar-refractivity contribution in [3.63, 3.8) is 0 Å². The zero-order valence-corrected chi connectivity index (χ0v) is 18.1. The Balaban J connectivity index is 1.82. The van der Waals surface area contributed by atoms with E-state index in [4.69, 9.17) is 0 Å². The molecule has 28 heavy (non-hydrogen) atoms. The SMILES string of the molecule is Cc1ccc(C)c2sc(NC(=O)c3ccc(S(=O)(=O)N(C)C(C)C)cc3)nc12. The quantitative estimate of drug-likeness (QED) is 0.675. The molecule has 8 heteroatoms. The highest BCUT2D eigenvalue weighted by atomic mass is 32.2. The van der Waals surface area contributed by atoms with E-state index >= 15 is 0 Å². The molecule has 1 aromatic heterocycles. The van der Waals surface area contributed by atoms with Crippen LogP contribution in [0.25, 0.3) is 10.2 Å². The number of nitrogens with zero attached hydrogens (tertiary/aromatic N) is 2. The summed E-state index contributed by atoms with van der Waals surface area (Å²) in [6.45, 7) is 7.61. The fourth-order valence-corrected chi connectivity index (χ4v) is 5.08. The van der Waals surface area contributed by atoms with Crippen molar-refractivity contribution in [2.45, 2.75) is 38.6 Å². The first kappa shape index (κ1) is 20.4. The van der Waals surface area contributed by atoms with Gasteiger partial charge in [0.05, 0.1) is 15.1 Å². The van der Waals surface area contributed by atoms with E-state index in [1.807, 2.05) is 26.0 Å². The number of anilines is 1. The molecule has 148 valence electrons. The minimum atomic E-state index is -3.58. The monoisotopic (exact) mass is 417 g/mol. The summed E-state index contributed by atoms with van der Waals surface area (Å²) in [6, 6.07) is 9.83. The Morgan fingerprint density at radius 1 is 1.07 bits per heavy atom. The number of benzene rings is 2. The Kier molecular flexibility index (Phi) is 5.56. The molecule has 0 aliphatic heterocycles. The average molecular weight is 418 g/mol. The molecule has 0 unspecified atom stereocenters. The Hall–Kier alpha value is -2.29. The molecule has 0 bridgehead atoms. The maximum atomic E-state index is 12.6. The number of carbonyl (C=O) groups is 1. The number of thiazole rings is 1. The van der Waals surface area contributed by atoms with E-state index in [0.29, 0.717) is 10.7 Å². The van der Waals surface area contributed by atoms with Crippen LogP contribution in [0.5, 0.6) is 0 Å². The second-order valence-corrected chi connectivity index (χ2v) is 9.99. The van der Waals surface area contributed by atoms with Crippen LogP contribution < -0.4 is 5.32 Å². The van der Waals surface area contributed by atoms with Crippen LogP contribution in [0.1, 0.15) is 35.3 Å². The van der Waals surface area contributed by atoms with Crippen molar-refractivity contribution < 1.29 is 13.2 Å². The number of nitrogens with one attached hydrogen (secondary N) is 1. The van der Waals surface area contributed by atoms with E-state index in [9.17, 15) is 13.2 Å². The Bertz CT molecular complexity index is 1090. The highest BCUT2D eigenvalue weighted by molar-refractivity contribution is 7.89. The zero-order valence-electron chi connectivity index (χ0n) is 16.5. The van der Waals surface area contributed by atoms with Crippen molar-refractivity contribution in [2.75, 3.05) is 12.4 Å². The molecule has 0 saturated carbocycles. The Morgan fingerprint density at radius 3 is 2.25 bits per heavy atom. The van der Waals surface area contributed by atoms with Crippen LogP contribution in [0.2, 0.25) is 0 Å². The lowest BCUT2D eigenvalue weighted by Crippen LogP contribution is -2.33. The van der Waals surface area contributed by atoms with Crippen LogP contribution in [0.15, 0.2) is 41.3 Å². The molecule has 1 N–H and O–H groups in total. The molecule has 0 atom stereocenters. The number of aromatic nitrogens is 1. The highest BCUT2D eigenvalue weighted by Crippen LogP contribution is 2.31. The van der Waals surface area contributed by atoms with Gasteiger partial charge in [0.25, 0.3) is 5.91 Å². The minimum Gasteiger partial charge on any atom is -0.298 e. The van der Waals surface area contributed by atoms with Crippen LogP contribution in [-0.2, 0) is 10.0 Å². The van der Waals surface area contributed by atoms with Gasteiger partial charge in [-0.05, 0) is 63.1 Å². The summed E-state index contributed by atoms with van der Waals surface area (Å²) in [4.78, 5) is 17.2. The van der Waals surface area contributed by atoms with Crippen LogP contribution in [-0.4, -0.2) is 36.7 Å². The number of hydrogen-bond acceptors (Lipinski definition) is 5. The van der Waals surface area contributed by atoms with Crippen LogP contribution in [0.3, 0.4) is 0 Å². The molecule has 1 heterocycles. The summed E-state index contributed by atoms with van der Waals surface area (Å²) in [5.74, 6) is -0.324. The van der Waals surface area contributed by atoms with Crippen molar-refractivity contribution in [1.82, 2.24) is 9.29 Å². The lowest BCUT2D eigenvalue weighted by molar-refractivity contribution is 0.102. The van der Waals surface area contributed by atoms with Crippen LogP contribution >= 0.6 is 11.3 Å². The standard InChI is InChI=1S/C20H23N3O3S2/c1-12(2)23(5)28(25,26)16-10-8-15(9-11-16)19(24)22-20-21-17-13(3)6-7-14(4)18(17)27-20/h6-12H,1-5H3,(H,21,22,24). The van der Waals surface area contributed by atoms with Gasteiger partial charge in [-0.1, -0.05) is 23.5 Å². The number of rotatable bonds is 5. The molecule has 2 aromatic carbocycles. The van der Waals surface area contributed by atoms with Crippen molar-refractivity contribution in [3.8, 4) is 0 Å². The second kappa shape index (κ2) is 7.62. The number of carbonyl (C=O) groups excluding carboxylic acids is 1. The molecular weight excluding hydrogens is 394 g/mol. The Morgan fingerprint density at radius 2 is 1.68 bits per heavy atom. The van der Waals surface area contributed by atoms with Crippen molar-refractivity contribution >= 4 is 42.6 Å². The van der Waals surface area contributed by atoms with Crippen molar-refractivity contribution in [3.05, 3.63) is 53.1 Å². The molecule has 3 rings (SSSR count). The van der Waals surface area contributed by atoms with Crippen LogP contribution in [0.4, 0.5) is 5.13 Å². The number of hydrogen-bond donors (Lipinski definition) is 1. The van der Waals surface area contributed by atoms with Gasteiger partial charge in [-0.15, -0.1) is 0 Å². The topological polar surface area (TPSA) is 79.4 Å². The fraction of sp³-hybridized carbons (Fsp3) is 0.300. The first-order valence-corrected chi connectivity index (χ1v) is 11.1. The van der Waals surface area contributed by atoms with E-state index in [1.165, 1.54) is 47.0 Å². The first-order valence-electron chi connectivity index (χ1n) is 8.87. The van der Waals surface area contributed by atoms with Gasteiger partial charge in [0, 0.05) is 18.7 Å². The van der Waals surface area contributed by atoms with E-state index in [2.05, 4.69) is 10.3 Å². The lowest BCUT2D eigenvalue weighted by atomic mass is 10.1. The van der Waals surface area contributed by atoms with Gasteiger partial charge < -0.3 is 0 Å². The van der Waals surface area contributed by atoms with E-state index < -0.39 is 10.0 Å². The molecule has 1 amide bonds. The number of sulfonamides is 1. The fourth-order valence-electron chi connectivity index (χ4n) is 2.70. The van der Waals surface area contributed by atoms with E-state index in [1.54, 1.807) is 13.8 Å². The third kappa shape index (κ3) is 3.80. The van der Waals surface area contributed by atoms with Gasteiger partial charge in [-0.2, -0.15) is 4.31 Å². The van der Waals surface area contributed by atoms with Gasteiger partial charge in [-0.25, -0.2) is 13.4 Å². The van der Waals surface area contributed by atoms with Crippen molar-refractivity contribution in [2.24, 2.45) is 0 Å². The summed E-state index contributed by atoms with van der Waals surface area (Å²) in [7, 11) is -2.04. The van der Waals surface area contributed by atoms with Gasteiger partial charge in [0.15, 0.2) is 5.13 Å². The molecule has 3 aromatic rings. The molecule has 0 radical (unpaired) electrons. The van der Waals surface area contributed by atoms with E-state index in [0.717, 1.165) is 21.3 Å². The van der Waals surface area contributed by atoms with Gasteiger partial charge >= 0.3 is 0 Å². The number of aryl methyl sites for hydroxylation is 2. The maximum Gasteiger partial charge on any atom is 0.257 e. The number of amides is 1. The summed E-state index contributed by atoms with van der Waals surface area (Å²) in [6.07, 6.45) is 0.